The van der Waals surface area contributed by atoms with E-state index >= 15 is 0 Å². The first-order chi connectivity index (χ1) is 17.8. The molecule has 37 heavy (non-hydrogen) atoms. The second-order valence-corrected chi connectivity index (χ2v) is 12.6. The third kappa shape index (κ3) is 5.89. The van der Waals surface area contributed by atoms with Crippen LogP contribution in [0.2, 0.25) is 0 Å². The van der Waals surface area contributed by atoms with Gasteiger partial charge in [0.05, 0.1) is 18.2 Å². The zero-order valence-corrected chi connectivity index (χ0v) is 22.6. The highest BCUT2D eigenvalue weighted by Crippen LogP contribution is 2.53. The fraction of sp³-hybridized carbons (Fsp3) is 0.759. The molecule has 5 aliphatic carbocycles. The highest BCUT2D eigenvalue weighted by molar-refractivity contribution is 5.96. The van der Waals surface area contributed by atoms with Crippen LogP contribution in [0, 0.1) is 35.0 Å². The topological polar surface area (TPSA) is 111 Å². The zero-order chi connectivity index (χ0) is 26.0. The summed E-state index contributed by atoms with van der Waals surface area (Å²) in [6.07, 6.45) is 17.7. The number of hydrogen-bond donors (Lipinski definition) is 3. The molecule has 4 bridgehead atoms. The number of aromatic nitrogens is 2. The van der Waals surface area contributed by atoms with Gasteiger partial charge in [-0.05, 0) is 88.4 Å². The van der Waals surface area contributed by atoms with Gasteiger partial charge in [0.2, 0.25) is 11.8 Å². The van der Waals surface area contributed by atoms with Crippen LogP contribution in [0.25, 0.3) is 6.20 Å². The van der Waals surface area contributed by atoms with Crippen LogP contribution in [0.4, 0.5) is 0 Å². The van der Waals surface area contributed by atoms with Crippen LogP contribution >= 0.6 is 0 Å². The van der Waals surface area contributed by atoms with Gasteiger partial charge in [-0.25, -0.2) is 4.68 Å². The van der Waals surface area contributed by atoms with Crippen LogP contribution in [0.3, 0.4) is 0 Å². The SMILES string of the molecule is CC(C)(/C=C/n1ncc(C(=O)NC2C3CC4CC(C3)CC2C4)c1OCC1CCCCC1)C(=O)NCCN. The summed E-state index contributed by atoms with van der Waals surface area (Å²) < 4.78 is 7.96. The number of amides is 2. The van der Waals surface area contributed by atoms with Crippen molar-refractivity contribution in [2.45, 2.75) is 84.1 Å². The number of ether oxygens (including phenoxy) is 1. The van der Waals surface area contributed by atoms with Gasteiger partial charge in [0.15, 0.2) is 0 Å². The monoisotopic (exact) mass is 511 g/mol. The maximum absolute atomic E-state index is 13.6. The number of hydrogen-bond acceptors (Lipinski definition) is 5. The van der Waals surface area contributed by atoms with E-state index < -0.39 is 5.41 Å². The molecule has 0 spiro atoms. The van der Waals surface area contributed by atoms with E-state index in [0.29, 0.717) is 48.9 Å². The lowest BCUT2D eigenvalue weighted by molar-refractivity contribution is -0.127. The summed E-state index contributed by atoms with van der Waals surface area (Å²) in [6, 6.07) is 0.260. The van der Waals surface area contributed by atoms with Crippen molar-refractivity contribution in [3.8, 4) is 5.88 Å². The number of nitrogens with zero attached hydrogens (tertiary/aromatic N) is 2. The molecule has 4 N–H and O–H groups in total. The molecule has 1 aromatic heterocycles. The molecule has 1 aromatic rings. The van der Waals surface area contributed by atoms with Crippen molar-refractivity contribution in [3.05, 3.63) is 17.8 Å². The van der Waals surface area contributed by atoms with Gasteiger partial charge < -0.3 is 21.1 Å². The Bertz CT molecular complexity index is 966. The number of rotatable bonds is 10. The van der Waals surface area contributed by atoms with Gasteiger partial charge in [-0.15, -0.1) is 0 Å². The molecule has 0 aliphatic heterocycles. The Morgan fingerprint density at radius 2 is 1.78 bits per heavy atom. The quantitative estimate of drug-likeness (QED) is 0.440. The van der Waals surface area contributed by atoms with Gasteiger partial charge in [-0.2, -0.15) is 5.10 Å². The van der Waals surface area contributed by atoms with E-state index in [1.54, 1.807) is 23.2 Å². The van der Waals surface area contributed by atoms with E-state index in [-0.39, 0.29) is 17.9 Å². The number of nitrogens with one attached hydrogen (secondary N) is 2. The average Bonchev–Trinajstić information content (AvgIpc) is 3.30. The smallest absolute Gasteiger partial charge is 0.258 e. The second kappa shape index (κ2) is 11.2. The first-order valence-electron chi connectivity index (χ1n) is 14.5. The Kier molecular flexibility index (Phi) is 7.93. The van der Waals surface area contributed by atoms with Gasteiger partial charge in [-0.1, -0.05) is 25.3 Å². The molecule has 8 heteroatoms. The first kappa shape index (κ1) is 26.3. The van der Waals surface area contributed by atoms with Gasteiger partial charge in [0.25, 0.3) is 5.91 Å². The molecule has 8 nitrogen and oxygen atoms in total. The largest absolute Gasteiger partial charge is 0.477 e. The minimum Gasteiger partial charge on any atom is -0.477 e. The van der Waals surface area contributed by atoms with Gasteiger partial charge in [0.1, 0.15) is 5.56 Å². The Balaban J connectivity index is 1.33. The normalized spacial score (nSPS) is 29.5. The third-order valence-corrected chi connectivity index (χ3v) is 9.35. The van der Waals surface area contributed by atoms with Gasteiger partial charge in [-0.3, -0.25) is 9.59 Å². The van der Waals surface area contributed by atoms with Crippen molar-refractivity contribution in [3.63, 3.8) is 0 Å². The third-order valence-electron chi connectivity index (χ3n) is 9.35. The molecule has 5 saturated carbocycles. The molecule has 1 heterocycles. The van der Waals surface area contributed by atoms with Crippen molar-refractivity contribution in [2.75, 3.05) is 19.7 Å². The molecule has 0 aromatic carbocycles. The van der Waals surface area contributed by atoms with Crippen molar-refractivity contribution >= 4 is 18.0 Å². The second-order valence-electron chi connectivity index (χ2n) is 12.6. The molecular weight excluding hydrogens is 466 g/mol. The Hall–Kier alpha value is -2.35. The predicted octanol–water partition coefficient (Wildman–Crippen LogP) is 3.97. The molecule has 2 amide bonds. The maximum atomic E-state index is 13.6. The molecule has 6 rings (SSSR count). The van der Waals surface area contributed by atoms with Gasteiger partial charge >= 0.3 is 0 Å². The summed E-state index contributed by atoms with van der Waals surface area (Å²) in [5, 5.41) is 10.8. The standard InChI is InChI=1S/C29H45N5O3/c1-29(2,28(36)31-10-9-30)8-11-34-27(37-18-19-6-4-3-5-7-19)24(17-32-34)26(35)33-25-22-13-20-12-21(15-22)16-23(25)14-20/h8,11,17,19-23,25H,3-7,9-10,12-16,18,30H2,1-2H3,(H,31,36)(H,33,35)/b11-8+. The van der Waals surface area contributed by atoms with E-state index in [0.717, 1.165) is 24.7 Å². The minimum atomic E-state index is -0.759. The summed E-state index contributed by atoms with van der Waals surface area (Å²) >= 11 is 0. The van der Waals surface area contributed by atoms with Crippen LogP contribution in [0.15, 0.2) is 12.3 Å². The fourth-order valence-corrected chi connectivity index (χ4v) is 7.44. The molecule has 0 saturated heterocycles. The molecule has 0 atom stereocenters. The predicted molar refractivity (Wildman–Crippen MR) is 144 cm³/mol. The van der Waals surface area contributed by atoms with E-state index in [9.17, 15) is 9.59 Å². The van der Waals surface area contributed by atoms with Crippen molar-refractivity contribution in [1.29, 1.82) is 0 Å². The summed E-state index contributed by atoms with van der Waals surface area (Å²) in [5.74, 6) is 3.72. The zero-order valence-electron chi connectivity index (χ0n) is 22.6. The minimum absolute atomic E-state index is 0.0873. The molecule has 204 valence electrons. The molecular formula is C29H45N5O3. The lowest BCUT2D eigenvalue weighted by Gasteiger charge is -2.54. The summed E-state index contributed by atoms with van der Waals surface area (Å²) in [4.78, 5) is 26.2. The fourth-order valence-electron chi connectivity index (χ4n) is 7.44. The molecule has 0 unspecified atom stereocenters. The van der Waals surface area contributed by atoms with Crippen molar-refractivity contribution in [2.24, 2.45) is 40.7 Å². The van der Waals surface area contributed by atoms with E-state index in [1.165, 1.54) is 51.4 Å². The summed E-state index contributed by atoms with van der Waals surface area (Å²) in [6.45, 7) is 5.11. The van der Waals surface area contributed by atoms with E-state index in [1.807, 2.05) is 13.8 Å². The average molecular weight is 512 g/mol. The van der Waals surface area contributed by atoms with Crippen LogP contribution in [-0.4, -0.2) is 47.3 Å². The Morgan fingerprint density at radius 3 is 2.43 bits per heavy atom. The van der Waals surface area contributed by atoms with Gasteiger partial charge in [0, 0.05) is 25.3 Å². The van der Waals surface area contributed by atoms with Crippen LogP contribution in [-0.2, 0) is 4.79 Å². The summed E-state index contributed by atoms with van der Waals surface area (Å²) in [5.41, 5.74) is 5.26. The van der Waals surface area contributed by atoms with Crippen molar-refractivity contribution in [1.82, 2.24) is 20.4 Å². The van der Waals surface area contributed by atoms with Crippen molar-refractivity contribution < 1.29 is 14.3 Å². The highest BCUT2D eigenvalue weighted by atomic mass is 16.5. The molecule has 0 radical (unpaired) electrons. The van der Waals surface area contributed by atoms with Crippen LogP contribution < -0.4 is 21.1 Å². The lowest BCUT2D eigenvalue weighted by atomic mass is 9.54. The molecule has 5 fully saturated rings. The Morgan fingerprint density at radius 1 is 1.11 bits per heavy atom. The first-order valence-corrected chi connectivity index (χ1v) is 14.5. The van der Waals surface area contributed by atoms with Crippen LogP contribution in [0.5, 0.6) is 5.88 Å². The maximum Gasteiger partial charge on any atom is 0.258 e. The summed E-state index contributed by atoms with van der Waals surface area (Å²) in [7, 11) is 0. The number of carbonyl (C=O) groups is 2. The highest BCUT2D eigenvalue weighted by Gasteiger charge is 2.48. The van der Waals surface area contributed by atoms with Crippen LogP contribution in [0.1, 0.15) is 88.4 Å². The molecule has 5 aliphatic rings. The number of carbonyl (C=O) groups excluding carboxylic acids is 2. The van der Waals surface area contributed by atoms with E-state index in [4.69, 9.17) is 10.5 Å². The van der Waals surface area contributed by atoms with E-state index in [2.05, 4.69) is 15.7 Å². The number of nitrogens with two attached hydrogens (primary N) is 1. The lowest BCUT2D eigenvalue weighted by Crippen LogP contribution is -2.55. The Labute approximate surface area is 221 Å².